The Morgan fingerprint density at radius 1 is 1.17 bits per heavy atom. The van der Waals surface area contributed by atoms with Crippen LogP contribution in [0.15, 0.2) is 42.5 Å². The maximum Gasteiger partial charge on any atom is 0.252 e. The van der Waals surface area contributed by atoms with Crippen molar-refractivity contribution in [2.75, 3.05) is 29.0 Å². The first-order valence-electron chi connectivity index (χ1n) is 10.4. The summed E-state index contributed by atoms with van der Waals surface area (Å²) in [6, 6.07) is 13.2. The molecule has 1 aliphatic rings. The third kappa shape index (κ3) is 5.53. The maximum absolute atomic E-state index is 12.8. The number of piperidine rings is 1. The van der Waals surface area contributed by atoms with Crippen LogP contribution in [0.5, 0.6) is 0 Å². The summed E-state index contributed by atoms with van der Waals surface area (Å²) in [5.74, 6) is 0.485. The van der Waals surface area contributed by atoms with E-state index in [4.69, 9.17) is 0 Å². The number of hydrogen-bond donors (Lipinski definition) is 2. The van der Waals surface area contributed by atoms with Crippen molar-refractivity contribution in [3.63, 3.8) is 0 Å². The smallest absolute Gasteiger partial charge is 0.252 e. The molecular weight excluding hydrogens is 398 g/mol. The van der Waals surface area contributed by atoms with E-state index in [-0.39, 0.29) is 11.9 Å². The normalized spacial score (nSPS) is 18.0. The quantitative estimate of drug-likeness (QED) is 0.725. The summed E-state index contributed by atoms with van der Waals surface area (Å²) < 4.78 is 25.5. The Morgan fingerprint density at radius 2 is 1.87 bits per heavy atom. The van der Waals surface area contributed by atoms with Crippen molar-refractivity contribution in [1.29, 1.82) is 0 Å². The van der Waals surface area contributed by atoms with E-state index in [0.717, 1.165) is 24.9 Å². The second-order valence-corrected chi connectivity index (χ2v) is 10.1. The lowest BCUT2D eigenvalue weighted by molar-refractivity contribution is 0.0939. The lowest BCUT2D eigenvalue weighted by Crippen LogP contribution is -2.34. The van der Waals surface area contributed by atoms with Crippen LogP contribution in [0, 0.1) is 12.8 Å². The number of rotatable bonds is 6. The molecule has 0 aliphatic carbocycles. The van der Waals surface area contributed by atoms with E-state index in [1.807, 2.05) is 6.92 Å². The zero-order chi connectivity index (χ0) is 21.9. The van der Waals surface area contributed by atoms with Crippen LogP contribution in [-0.2, 0) is 10.0 Å². The Balaban J connectivity index is 1.69. The minimum atomic E-state index is -3.41. The Labute approximate surface area is 179 Å². The molecule has 6 nitrogen and oxygen atoms in total. The van der Waals surface area contributed by atoms with E-state index in [0.29, 0.717) is 22.7 Å². The van der Waals surface area contributed by atoms with Gasteiger partial charge in [0.25, 0.3) is 5.91 Å². The van der Waals surface area contributed by atoms with Crippen LogP contribution in [0.3, 0.4) is 0 Å². The summed E-state index contributed by atoms with van der Waals surface area (Å²) in [4.78, 5) is 15.2. The molecule has 0 spiro atoms. The Morgan fingerprint density at radius 3 is 2.50 bits per heavy atom. The Bertz CT molecular complexity index is 1000. The number of nitrogens with one attached hydrogen (secondary N) is 2. The first-order valence-corrected chi connectivity index (χ1v) is 12.3. The largest absolute Gasteiger partial charge is 0.371 e. The molecule has 2 aromatic rings. The molecule has 0 saturated carbocycles. The summed E-state index contributed by atoms with van der Waals surface area (Å²) in [6.45, 7) is 8.15. The van der Waals surface area contributed by atoms with Crippen molar-refractivity contribution in [2.45, 2.75) is 39.7 Å². The number of hydrogen-bond acceptors (Lipinski definition) is 4. The van der Waals surface area contributed by atoms with Gasteiger partial charge in [-0.1, -0.05) is 25.1 Å². The average molecular weight is 430 g/mol. The summed E-state index contributed by atoms with van der Waals surface area (Å²) >= 11 is 0. The van der Waals surface area contributed by atoms with Gasteiger partial charge in [0.15, 0.2) is 0 Å². The van der Waals surface area contributed by atoms with Gasteiger partial charge in [0.05, 0.1) is 18.0 Å². The minimum Gasteiger partial charge on any atom is -0.371 e. The van der Waals surface area contributed by atoms with Crippen LogP contribution in [-0.4, -0.2) is 33.7 Å². The fourth-order valence-corrected chi connectivity index (χ4v) is 4.57. The molecular formula is C23H31N3O3S. The van der Waals surface area contributed by atoms with E-state index in [1.165, 1.54) is 18.5 Å². The van der Waals surface area contributed by atoms with Crippen LogP contribution < -0.4 is 14.9 Å². The molecule has 2 N–H and O–H groups in total. The number of anilines is 2. The van der Waals surface area contributed by atoms with Crippen molar-refractivity contribution < 1.29 is 13.2 Å². The van der Waals surface area contributed by atoms with Gasteiger partial charge < -0.3 is 10.2 Å². The van der Waals surface area contributed by atoms with Gasteiger partial charge in [0.1, 0.15) is 0 Å². The zero-order valence-corrected chi connectivity index (χ0v) is 18.9. The average Bonchev–Trinajstić information content (AvgIpc) is 2.68. The first kappa shape index (κ1) is 22.2. The van der Waals surface area contributed by atoms with Gasteiger partial charge in [0, 0.05) is 24.3 Å². The molecule has 7 heteroatoms. The summed E-state index contributed by atoms with van der Waals surface area (Å²) in [5, 5.41) is 3.02. The van der Waals surface area contributed by atoms with Crippen LogP contribution in [0.2, 0.25) is 0 Å². The van der Waals surface area contributed by atoms with E-state index in [9.17, 15) is 13.2 Å². The highest BCUT2D eigenvalue weighted by atomic mass is 32.2. The van der Waals surface area contributed by atoms with Crippen molar-refractivity contribution in [3.05, 3.63) is 59.2 Å². The van der Waals surface area contributed by atoms with Gasteiger partial charge in [-0.25, -0.2) is 8.42 Å². The second kappa shape index (κ2) is 9.08. The summed E-state index contributed by atoms with van der Waals surface area (Å²) in [6.07, 6.45) is 3.61. The van der Waals surface area contributed by atoms with Gasteiger partial charge in [-0.3, -0.25) is 9.52 Å². The van der Waals surface area contributed by atoms with Crippen molar-refractivity contribution in [1.82, 2.24) is 5.32 Å². The molecule has 3 rings (SSSR count). The topological polar surface area (TPSA) is 78.5 Å². The Kier molecular flexibility index (Phi) is 6.71. The molecule has 1 amide bonds. The maximum atomic E-state index is 12.8. The minimum absolute atomic E-state index is 0.169. The lowest BCUT2D eigenvalue weighted by Gasteiger charge is -2.33. The van der Waals surface area contributed by atoms with Crippen molar-refractivity contribution in [3.8, 4) is 0 Å². The highest BCUT2D eigenvalue weighted by Crippen LogP contribution is 2.25. The van der Waals surface area contributed by atoms with Crippen LogP contribution >= 0.6 is 0 Å². The number of amides is 1. The predicted octanol–water partition coefficient (Wildman–Crippen LogP) is 4.09. The van der Waals surface area contributed by atoms with Crippen LogP contribution in [0.1, 0.15) is 54.2 Å². The van der Waals surface area contributed by atoms with Gasteiger partial charge in [-0.2, -0.15) is 0 Å². The number of benzene rings is 2. The molecule has 1 saturated heterocycles. The van der Waals surface area contributed by atoms with Gasteiger partial charge in [-0.05, 0) is 68.0 Å². The first-order chi connectivity index (χ1) is 14.1. The molecule has 0 bridgehead atoms. The third-order valence-corrected chi connectivity index (χ3v) is 6.23. The number of carbonyl (C=O) groups is 1. The third-order valence-electron chi connectivity index (χ3n) is 5.64. The Hall–Kier alpha value is -2.54. The molecule has 0 aromatic heterocycles. The highest BCUT2D eigenvalue weighted by molar-refractivity contribution is 7.92. The molecule has 1 aliphatic heterocycles. The molecule has 162 valence electrons. The molecule has 0 unspecified atom stereocenters. The standard InChI is InChI=1S/C23H31N3O3S/c1-16-7-6-14-26(15-16)20-12-10-19(11-13-20)18(3)24-23(27)21-8-5-9-22(17(21)2)25-30(4,28)29/h5,8-13,16,18,25H,6-7,14-15H2,1-4H3,(H,24,27)/t16-,18-/m1/s1. The molecule has 1 fully saturated rings. The fraction of sp³-hybridized carbons (Fsp3) is 0.435. The molecule has 1 heterocycles. The SMILES string of the molecule is Cc1c(NS(C)(=O)=O)cccc1C(=O)N[C@H](C)c1ccc(N2CCC[C@@H](C)C2)cc1. The molecule has 2 aromatic carbocycles. The number of nitrogens with zero attached hydrogens (tertiary/aromatic N) is 1. The van der Waals surface area contributed by atoms with Gasteiger partial charge >= 0.3 is 0 Å². The van der Waals surface area contributed by atoms with Crippen LogP contribution in [0.4, 0.5) is 11.4 Å². The monoisotopic (exact) mass is 429 g/mol. The van der Waals surface area contributed by atoms with Crippen molar-refractivity contribution in [2.24, 2.45) is 5.92 Å². The molecule has 2 atom stereocenters. The van der Waals surface area contributed by atoms with Crippen molar-refractivity contribution >= 4 is 27.3 Å². The predicted molar refractivity (Wildman–Crippen MR) is 123 cm³/mol. The molecule has 30 heavy (non-hydrogen) atoms. The van der Waals surface area contributed by atoms with Gasteiger partial charge in [0.2, 0.25) is 10.0 Å². The van der Waals surface area contributed by atoms with E-state index in [1.54, 1.807) is 25.1 Å². The zero-order valence-electron chi connectivity index (χ0n) is 18.1. The lowest BCUT2D eigenvalue weighted by atomic mass is 9.99. The van der Waals surface area contributed by atoms with E-state index in [2.05, 4.69) is 46.1 Å². The van der Waals surface area contributed by atoms with E-state index >= 15 is 0 Å². The fourth-order valence-electron chi connectivity index (χ4n) is 3.95. The number of sulfonamides is 1. The second-order valence-electron chi connectivity index (χ2n) is 8.33. The number of carbonyl (C=O) groups excluding carboxylic acids is 1. The summed E-state index contributed by atoms with van der Waals surface area (Å²) in [7, 11) is -3.41. The van der Waals surface area contributed by atoms with E-state index < -0.39 is 10.0 Å². The summed E-state index contributed by atoms with van der Waals surface area (Å²) in [5.41, 5.74) is 3.72. The van der Waals surface area contributed by atoms with Crippen LogP contribution in [0.25, 0.3) is 0 Å². The highest BCUT2D eigenvalue weighted by Gasteiger charge is 2.18. The van der Waals surface area contributed by atoms with Gasteiger partial charge in [-0.15, -0.1) is 0 Å². The molecule has 0 radical (unpaired) electrons.